The zero-order chi connectivity index (χ0) is 19.1. The third-order valence-corrected chi connectivity index (χ3v) is 4.41. The predicted molar refractivity (Wildman–Crippen MR) is 104 cm³/mol. The van der Waals surface area contributed by atoms with Crippen molar-refractivity contribution in [2.24, 2.45) is 10.2 Å². The van der Waals surface area contributed by atoms with Crippen molar-refractivity contribution in [3.8, 4) is 11.4 Å². The van der Waals surface area contributed by atoms with Crippen molar-refractivity contribution in [2.45, 2.75) is 26.2 Å². The van der Waals surface area contributed by atoms with Gasteiger partial charge in [-0.3, -0.25) is 9.97 Å². The van der Waals surface area contributed by atoms with Crippen LogP contribution in [0.3, 0.4) is 0 Å². The van der Waals surface area contributed by atoms with Gasteiger partial charge in [0.2, 0.25) is 11.7 Å². The molecule has 0 saturated heterocycles. The van der Waals surface area contributed by atoms with Gasteiger partial charge in [-0.25, -0.2) is 0 Å². The summed E-state index contributed by atoms with van der Waals surface area (Å²) < 4.78 is 5.28. The van der Waals surface area contributed by atoms with Crippen LogP contribution >= 0.6 is 11.8 Å². The first-order valence-electron chi connectivity index (χ1n) is 8.16. The standard InChI is InChI=1S/C18H18N6O2S/c1-12(16-9-19-6-7-20-16)22-23-13(2)27-11-17-21-18(24-26-17)15-5-3-4-14(8-15)10-25/h3-9,25H,10-11H2,1-2H3/b22-12+,23-13+. The van der Waals surface area contributed by atoms with Crippen LogP contribution in [-0.4, -0.2) is 36.0 Å². The Morgan fingerprint density at radius 3 is 2.89 bits per heavy atom. The second kappa shape index (κ2) is 9.15. The SMILES string of the molecule is C/C(=N\N=C(/C)c1cnccn1)SCc1nc(-c2cccc(CO)c2)no1. The molecular formula is C18H18N6O2S. The Balaban J connectivity index is 1.61. The number of aliphatic hydroxyl groups is 1. The highest BCUT2D eigenvalue weighted by Crippen LogP contribution is 2.20. The summed E-state index contributed by atoms with van der Waals surface area (Å²) in [7, 11) is 0. The van der Waals surface area contributed by atoms with Gasteiger partial charge in [0.15, 0.2) is 0 Å². The Hall–Kier alpha value is -2.91. The molecule has 1 aromatic carbocycles. The van der Waals surface area contributed by atoms with Crippen LogP contribution < -0.4 is 0 Å². The summed E-state index contributed by atoms with van der Waals surface area (Å²) in [5, 5.41) is 22.3. The van der Waals surface area contributed by atoms with Crippen LogP contribution in [0.4, 0.5) is 0 Å². The van der Waals surface area contributed by atoms with E-state index in [1.807, 2.05) is 38.1 Å². The molecule has 2 aromatic heterocycles. The summed E-state index contributed by atoms with van der Waals surface area (Å²) in [4.78, 5) is 12.6. The van der Waals surface area contributed by atoms with Gasteiger partial charge >= 0.3 is 0 Å². The van der Waals surface area contributed by atoms with Crippen molar-refractivity contribution in [3.63, 3.8) is 0 Å². The Morgan fingerprint density at radius 1 is 1.22 bits per heavy atom. The van der Waals surface area contributed by atoms with Crippen LogP contribution in [0.25, 0.3) is 11.4 Å². The quantitative estimate of drug-likeness (QED) is 0.396. The fraction of sp³-hybridized carbons (Fsp3) is 0.222. The molecule has 0 atom stereocenters. The smallest absolute Gasteiger partial charge is 0.237 e. The fourth-order valence-electron chi connectivity index (χ4n) is 2.12. The summed E-state index contributed by atoms with van der Waals surface area (Å²) in [5.41, 5.74) is 2.97. The molecule has 3 aromatic rings. The van der Waals surface area contributed by atoms with Gasteiger partial charge in [0.1, 0.15) is 5.69 Å². The van der Waals surface area contributed by atoms with Gasteiger partial charge < -0.3 is 9.63 Å². The normalized spacial score (nSPS) is 12.4. The lowest BCUT2D eigenvalue weighted by atomic mass is 10.1. The van der Waals surface area contributed by atoms with Crippen molar-refractivity contribution in [2.75, 3.05) is 0 Å². The molecule has 1 N–H and O–H groups in total. The van der Waals surface area contributed by atoms with E-state index in [1.54, 1.807) is 18.6 Å². The molecule has 9 heteroatoms. The van der Waals surface area contributed by atoms with Crippen molar-refractivity contribution in [3.05, 3.63) is 60.0 Å². The van der Waals surface area contributed by atoms with Crippen molar-refractivity contribution >= 4 is 22.5 Å². The van der Waals surface area contributed by atoms with Gasteiger partial charge in [-0.15, -0.1) is 5.10 Å². The van der Waals surface area contributed by atoms with Crippen molar-refractivity contribution in [1.29, 1.82) is 0 Å². The molecule has 0 bridgehead atoms. The van der Waals surface area contributed by atoms with Crippen LogP contribution in [0.2, 0.25) is 0 Å². The third kappa shape index (κ3) is 5.28. The molecule has 0 amide bonds. The maximum Gasteiger partial charge on any atom is 0.237 e. The number of aromatic nitrogens is 4. The average molecular weight is 382 g/mol. The maximum absolute atomic E-state index is 9.22. The minimum atomic E-state index is -0.0292. The maximum atomic E-state index is 9.22. The van der Waals surface area contributed by atoms with E-state index >= 15 is 0 Å². The number of thioether (sulfide) groups is 1. The van der Waals surface area contributed by atoms with E-state index in [0.29, 0.717) is 28.9 Å². The molecular weight excluding hydrogens is 364 g/mol. The van der Waals surface area contributed by atoms with Gasteiger partial charge in [-0.05, 0) is 25.5 Å². The first kappa shape index (κ1) is 18.9. The molecule has 0 radical (unpaired) electrons. The van der Waals surface area contributed by atoms with Gasteiger partial charge in [0.05, 0.1) is 29.3 Å². The second-order valence-electron chi connectivity index (χ2n) is 5.55. The number of hydrogen-bond donors (Lipinski definition) is 1. The molecule has 0 aliphatic heterocycles. The molecule has 0 saturated carbocycles. The number of aliphatic hydroxyl groups excluding tert-OH is 1. The van der Waals surface area contributed by atoms with Crippen molar-refractivity contribution in [1.82, 2.24) is 20.1 Å². The lowest BCUT2D eigenvalue weighted by Gasteiger charge is -1.98. The van der Waals surface area contributed by atoms with Gasteiger partial charge in [0.25, 0.3) is 0 Å². The zero-order valence-corrected chi connectivity index (χ0v) is 15.7. The summed E-state index contributed by atoms with van der Waals surface area (Å²) in [6.07, 6.45) is 4.87. The lowest BCUT2D eigenvalue weighted by Crippen LogP contribution is -1.98. The van der Waals surface area contributed by atoms with E-state index in [0.717, 1.165) is 16.2 Å². The first-order chi connectivity index (χ1) is 13.2. The molecule has 0 unspecified atom stereocenters. The van der Waals surface area contributed by atoms with Crippen LogP contribution in [-0.2, 0) is 12.4 Å². The van der Waals surface area contributed by atoms with E-state index in [2.05, 4.69) is 30.3 Å². The number of benzene rings is 1. The molecule has 0 aliphatic rings. The Labute approximate surface area is 160 Å². The minimum Gasteiger partial charge on any atom is -0.392 e. The Morgan fingerprint density at radius 2 is 2.11 bits per heavy atom. The van der Waals surface area contributed by atoms with E-state index < -0.39 is 0 Å². The second-order valence-corrected chi connectivity index (χ2v) is 6.72. The van der Waals surface area contributed by atoms with Crippen LogP contribution in [0.1, 0.15) is 31.0 Å². The summed E-state index contributed by atoms with van der Waals surface area (Å²) >= 11 is 1.45. The molecule has 138 valence electrons. The molecule has 8 nitrogen and oxygen atoms in total. The monoisotopic (exact) mass is 382 g/mol. The highest BCUT2D eigenvalue weighted by molar-refractivity contribution is 8.13. The summed E-state index contributed by atoms with van der Waals surface area (Å²) in [6.45, 7) is 3.66. The molecule has 0 spiro atoms. The van der Waals surface area contributed by atoms with Gasteiger partial charge in [-0.1, -0.05) is 35.1 Å². The van der Waals surface area contributed by atoms with E-state index in [9.17, 15) is 5.11 Å². The Bertz CT molecular complexity index is 955. The topological polar surface area (TPSA) is 110 Å². The van der Waals surface area contributed by atoms with E-state index in [4.69, 9.17) is 4.52 Å². The Kier molecular flexibility index (Phi) is 6.39. The molecule has 0 fully saturated rings. The fourth-order valence-corrected chi connectivity index (χ4v) is 2.67. The molecule has 27 heavy (non-hydrogen) atoms. The van der Waals surface area contributed by atoms with Gasteiger partial charge in [0, 0.05) is 18.0 Å². The number of hydrogen-bond acceptors (Lipinski definition) is 9. The van der Waals surface area contributed by atoms with Crippen LogP contribution in [0.15, 0.2) is 57.6 Å². The third-order valence-electron chi connectivity index (χ3n) is 3.52. The van der Waals surface area contributed by atoms with Crippen molar-refractivity contribution < 1.29 is 9.63 Å². The molecule has 3 rings (SSSR count). The summed E-state index contributed by atoms with van der Waals surface area (Å²) in [6, 6.07) is 7.39. The minimum absolute atomic E-state index is 0.0292. The zero-order valence-electron chi connectivity index (χ0n) is 14.9. The predicted octanol–water partition coefficient (Wildman–Crippen LogP) is 3.09. The molecule has 2 heterocycles. The average Bonchev–Trinajstić information content (AvgIpc) is 3.20. The number of nitrogens with zero attached hydrogens (tertiary/aromatic N) is 6. The molecule has 0 aliphatic carbocycles. The lowest BCUT2D eigenvalue weighted by molar-refractivity contribution is 0.282. The highest BCUT2D eigenvalue weighted by Gasteiger charge is 2.10. The van der Waals surface area contributed by atoms with Gasteiger partial charge in [-0.2, -0.15) is 10.1 Å². The van der Waals surface area contributed by atoms with Crippen LogP contribution in [0, 0.1) is 0 Å². The number of rotatable bonds is 6. The van der Waals surface area contributed by atoms with E-state index in [1.165, 1.54) is 11.8 Å². The highest BCUT2D eigenvalue weighted by atomic mass is 32.2. The van der Waals surface area contributed by atoms with Crippen LogP contribution in [0.5, 0.6) is 0 Å². The summed E-state index contributed by atoms with van der Waals surface area (Å²) in [5.74, 6) is 1.47. The first-order valence-corrected chi connectivity index (χ1v) is 9.15. The largest absolute Gasteiger partial charge is 0.392 e. The van der Waals surface area contributed by atoms with E-state index in [-0.39, 0.29) is 6.61 Å².